The van der Waals surface area contributed by atoms with Crippen molar-refractivity contribution in [1.82, 2.24) is 42.5 Å². The first-order valence-corrected chi connectivity index (χ1v) is 17.7. The molecule has 4 unspecified atom stereocenters. The highest BCUT2D eigenvalue weighted by atomic mass is 16.4. The fourth-order valence-corrected chi connectivity index (χ4v) is 5.20. The van der Waals surface area contributed by atoms with Crippen molar-refractivity contribution in [2.24, 2.45) is 16.5 Å². The minimum atomic E-state index is -1.38. The van der Waals surface area contributed by atoms with E-state index in [-0.39, 0.29) is 64.0 Å². The van der Waals surface area contributed by atoms with Crippen LogP contribution >= 0.6 is 0 Å². The number of carbonyl (C=O) groups excluding carboxylic acids is 8. The quantitative estimate of drug-likeness (QED) is 0.0612. The fraction of sp³-hybridized carbons (Fsp3) is 0.529. The molecule has 13 N–H and O–H groups in total. The Morgan fingerprint density at radius 1 is 0.855 bits per heavy atom. The number of hydrogen-bond donors (Lipinski definition) is 11. The van der Waals surface area contributed by atoms with Gasteiger partial charge in [-0.2, -0.15) is 0 Å². The maximum atomic E-state index is 13.9. The van der Waals surface area contributed by atoms with E-state index in [9.17, 15) is 48.3 Å². The lowest BCUT2D eigenvalue weighted by atomic mass is 10.0. The molecule has 21 heteroatoms. The van der Waals surface area contributed by atoms with Gasteiger partial charge in [-0.3, -0.25) is 43.3 Å². The molecule has 5 atom stereocenters. The van der Waals surface area contributed by atoms with Crippen LogP contribution in [0.5, 0.6) is 0 Å². The Morgan fingerprint density at radius 3 is 2.18 bits per heavy atom. The number of carboxylic acid groups (broad SMARTS) is 1. The van der Waals surface area contributed by atoms with Crippen molar-refractivity contribution < 1.29 is 48.3 Å². The fourth-order valence-electron chi connectivity index (χ4n) is 5.20. The monoisotopic (exact) mass is 773 g/mol. The number of nitrogens with one attached hydrogen (secondary N) is 8. The first-order valence-electron chi connectivity index (χ1n) is 17.7. The van der Waals surface area contributed by atoms with E-state index in [0.29, 0.717) is 5.56 Å². The Hall–Kier alpha value is -6.28. The van der Waals surface area contributed by atoms with Crippen LogP contribution in [0.1, 0.15) is 57.9 Å². The van der Waals surface area contributed by atoms with Crippen molar-refractivity contribution in [2.75, 3.05) is 26.2 Å². The van der Waals surface area contributed by atoms with Gasteiger partial charge in [0.25, 0.3) is 0 Å². The lowest BCUT2D eigenvalue weighted by molar-refractivity contribution is -0.142. The van der Waals surface area contributed by atoms with Gasteiger partial charge in [0.05, 0.1) is 13.1 Å². The number of nitrogens with zero attached hydrogens (tertiary/aromatic N) is 1. The summed E-state index contributed by atoms with van der Waals surface area (Å²) in [6.45, 7) is 1.52. The van der Waals surface area contributed by atoms with Crippen LogP contribution in [0.4, 0.5) is 0 Å². The molecule has 1 saturated heterocycles. The molecule has 1 aromatic carbocycles. The van der Waals surface area contributed by atoms with Gasteiger partial charge in [-0.1, -0.05) is 30.3 Å². The van der Waals surface area contributed by atoms with Gasteiger partial charge in [0.15, 0.2) is 5.96 Å². The molecule has 1 aliphatic heterocycles. The standard InChI is InChI=1S/C34H51N11O10/c1-19-29(50)40-18-28(49)43-24(33(54)55)11-7-14-37-26(47)13-12-23(42-27(48)17-39-20(2)46)31(52)44-22(10-6-15-38-34(35)36)30(51)45-25(32(53)41-19)16-21-8-4-3-5-9-21/h3-5,8-9,19,22-25H,6-7,10-18H2,1-2H3,(H,37,47)(H,39,46)(H,40,50)(H,41,53)(H,42,48)(H,43,49)(H,44,52)(H,45,51)(H,54,55)(H4,35,36,38)/t19?,22-,23?,24?,25?/m0/s1. The molecule has 1 aromatic rings. The summed E-state index contributed by atoms with van der Waals surface area (Å²) in [7, 11) is 0. The largest absolute Gasteiger partial charge is 0.480 e. The van der Waals surface area contributed by atoms with Gasteiger partial charge in [0, 0.05) is 32.9 Å². The van der Waals surface area contributed by atoms with E-state index in [1.54, 1.807) is 30.3 Å². The molecule has 1 heterocycles. The van der Waals surface area contributed by atoms with Crippen LogP contribution in [0.3, 0.4) is 0 Å². The van der Waals surface area contributed by atoms with Crippen molar-refractivity contribution in [3.63, 3.8) is 0 Å². The summed E-state index contributed by atoms with van der Waals surface area (Å²) in [4.78, 5) is 119. The number of benzene rings is 1. The minimum Gasteiger partial charge on any atom is -0.480 e. The summed E-state index contributed by atoms with van der Waals surface area (Å²) >= 11 is 0. The summed E-state index contributed by atoms with van der Waals surface area (Å²) in [6.07, 6.45) is -0.414. The zero-order chi connectivity index (χ0) is 40.9. The van der Waals surface area contributed by atoms with Crippen molar-refractivity contribution in [3.05, 3.63) is 35.9 Å². The number of nitrogens with two attached hydrogens (primary N) is 2. The zero-order valence-corrected chi connectivity index (χ0v) is 30.8. The molecule has 0 aromatic heterocycles. The molecule has 55 heavy (non-hydrogen) atoms. The highest BCUT2D eigenvalue weighted by Gasteiger charge is 2.31. The second-order valence-electron chi connectivity index (χ2n) is 12.7. The third kappa shape index (κ3) is 17.9. The Labute approximate surface area is 317 Å². The van der Waals surface area contributed by atoms with Crippen LogP contribution < -0.4 is 54.0 Å². The SMILES string of the molecule is CC(=O)NCC(=O)NC1CCC(=O)NCCCC(C(=O)O)NC(=O)CNC(=O)C(C)NC(=O)C(Cc2ccccc2)NC(=O)[C@H](CCCN=C(N)N)NC1=O. The number of aliphatic imine (C=N–C) groups is 1. The van der Waals surface area contributed by atoms with Crippen LogP contribution in [-0.4, -0.2) is 121 Å². The Morgan fingerprint density at radius 2 is 1.53 bits per heavy atom. The van der Waals surface area contributed by atoms with Crippen LogP contribution in [-0.2, 0) is 49.6 Å². The molecule has 0 bridgehead atoms. The lowest BCUT2D eigenvalue weighted by Crippen LogP contribution is -2.59. The molecule has 8 amide bonds. The predicted molar refractivity (Wildman–Crippen MR) is 196 cm³/mol. The van der Waals surface area contributed by atoms with Crippen molar-refractivity contribution >= 4 is 59.2 Å². The lowest BCUT2D eigenvalue weighted by Gasteiger charge is -2.26. The third-order valence-corrected chi connectivity index (χ3v) is 8.10. The second kappa shape index (κ2) is 23.4. The van der Waals surface area contributed by atoms with Gasteiger partial charge in [-0.25, -0.2) is 4.79 Å². The topological polar surface area (TPSA) is 334 Å². The summed E-state index contributed by atoms with van der Waals surface area (Å²) in [5.41, 5.74) is 11.5. The maximum absolute atomic E-state index is 13.9. The molecule has 2 rings (SSSR count). The van der Waals surface area contributed by atoms with Gasteiger partial charge in [-0.15, -0.1) is 0 Å². The second-order valence-corrected chi connectivity index (χ2v) is 12.7. The zero-order valence-electron chi connectivity index (χ0n) is 30.8. The van der Waals surface area contributed by atoms with Crippen molar-refractivity contribution in [1.29, 1.82) is 0 Å². The number of guanidine groups is 1. The minimum absolute atomic E-state index is 0.000373. The smallest absolute Gasteiger partial charge is 0.326 e. The number of aliphatic carboxylic acids is 1. The summed E-state index contributed by atoms with van der Waals surface area (Å²) in [5.74, 6) is -7.43. The highest BCUT2D eigenvalue weighted by molar-refractivity contribution is 5.96. The first-order chi connectivity index (χ1) is 26.0. The van der Waals surface area contributed by atoms with E-state index >= 15 is 0 Å². The molecule has 1 aliphatic rings. The Kier molecular flexibility index (Phi) is 19.1. The molecule has 21 nitrogen and oxygen atoms in total. The number of rotatable bonds is 10. The Bertz CT molecular complexity index is 1570. The number of carbonyl (C=O) groups is 9. The summed E-state index contributed by atoms with van der Waals surface area (Å²) in [6, 6.07) is 2.06. The van der Waals surface area contributed by atoms with E-state index < -0.39 is 96.5 Å². The normalized spacial score (nSPS) is 22.5. The van der Waals surface area contributed by atoms with E-state index in [4.69, 9.17) is 11.5 Å². The molecule has 0 spiro atoms. The van der Waals surface area contributed by atoms with Crippen LogP contribution in [0.2, 0.25) is 0 Å². The molecule has 0 radical (unpaired) electrons. The predicted octanol–water partition coefficient (Wildman–Crippen LogP) is -4.25. The van der Waals surface area contributed by atoms with E-state index in [2.05, 4.69) is 47.5 Å². The average molecular weight is 774 g/mol. The van der Waals surface area contributed by atoms with Crippen LogP contribution in [0.25, 0.3) is 0 Å². The van der Waals surface area contributed by atoms with E-state index in [0.717, 1.165) is 0 Å². The van der Waals surface area contributed by atoms with Crippen molar-refractivity contribution in [2.45, 2.75) is 89.0 Å². The molecule has 0 saturated carbocycles. The van der Waals surface area contributed by atoms with Crippen LogP contribution in [0, 0.1) is 0 Å². The van der Waals surface area contributed by atoms with Crippen molar-refractivity contribution in [3.8, 4) is 0 Å². The molecular weight excluding hydrogens is 722 g/mol. The Balaban J connectivity index is 2.47. The van der Waals surface area contributed by atoms with Gasteiger partial charge in [-0.05, 0) is 44.6 Å². The maximum Gasteiger partial charge on any atom is 0.326 e. The third-order valence-electron chi connectivity index (χ3n) is 8.10. The summed E-state index contributed by atoms with van der Waals surface area (Å²) < 4.78 is 0. The van der Waals surface area contributed by atoms with E-state index in [1.807, 2.05) is 0 Å². The molecule has 0 aliphatic carbocycles. The summed E-state index contributed by atoms with van der Waals surface area (Å²) in [5, 5.41) is 29.3. The number of amides is 8. The average Bonchev–Trinajstić information content (AvgIpc) is 3.13. The molecular formula is C34H51N11O10. The molecule has 1 fully saturated rings. The van der Waals surface area contributed by atoms with Gasteiger partial charge in [0.1, 0.15) is 30.2 Å². The first kappa shape index (κ1) is 44.9. The number of hydrogen-bond acceptors (Lipinski definition) is 10. The molecule has 302 valence electrons. The van der Waals surface area contributed by atoms with Gasteiger partial charge >= 0.3 is 5.97 Å². The van der Waals surface area contributed by atoms with Gasteiger partial charge in [0.2, 0.25) is 47.3 Å². The number of carboxylic acids is 1. The van der Waals surface area contributed by atoms with Gasteiger partial charge < -0.3 is 59.1 Å². The van der Waals surface area contributed by atoms with Crippen LogP contribution in [0.15, 0.2) is 35.3 Å². The van der Waals surface area contributed by atoms with E-state index in [1.165, 1.54) is 13.8 Å². The highest BCUT2D eigenvalue weighted by Crippen LogP contribution is 2.08.